The van der Waals surface area contributed by atoms with Crippen LogP contribution in [0.15, 0.2) is 5.16 Å². The van der Waals surface area contributed by atoms with Gasteiger partial charge in [0.05, 0.1) is 12.8 Å². The van der Waals surface area contributed by atoms with Gasteiger partial charge >= 0.3 is 5.97 Å². The molecule has 1 aliphatic carbocycles. The van der Waals surface area contributed by atoms with Crippen molar-refractivity contribution in [3.63, 3.8) is 0 Å². The van der Waals surface area contributed by atoms with Crippen molar-refractivity contribution < 1.29 is 24.0 Å². The Hall–Kier alpha value is -1.72. The first kappa shape index (κ1) is 18.3. The smallest absolute Gasteiger partial charge is 0.316 e. The average molecular weight is 311 g/mol. The first-order chi connectivity index (χ1) is 10.3. The van der Waals surface area contributed by atoms with E-state index in [1.54, 1.807) is 20.8 Å². The fraction of sp³-hybridized carbons (Fsp3) is 0.750. The van der Waals surface area contributed by atoms with Crippen molar-refractivity contribution in [1.29, 1.82) is 0 Å². The Kier molecular flexibility index (Phi) is 6.26. The molecule has 0 amide bonds. The highest BCUT2D eigenvalue weighted by atomic mass is 16.6. The van der Waals surface area contributed by atoms with Crippen LogP contribution in [0, 0.1) is 17.3 Å². The minimum atomic E-state index is -0.997. The summed E-state index contributed by atoms with van der Waals surface area (Å²) in [5.74, 6) is -3.19. The average Bonchev–Trinajstić information content (AvgIpc) is 2.43. The lowest BCUT2D eigenvalue weighted by Crippen LogP contribution is -2.52. The predicted octanol–water partition coefficient (Wildman–Crippen LogP) is 2.15. The normalized spacial score (nSPS) is 25.9. The van der Waals surface area contributed by atoms with Crippen LogP contribution in [0.4, 0.5) is 0 Å². The lowest BCUT2D eigenvalue weighted by molar-refractivity contribution is -0.156. The summed E-state index contributed by atoms with van der Waals surface area (Å²) in [4.78, 5) is 42.2. The van der Waals surface area contributed by atoms with Gasteiger partial charge in [-0.25, -0.2) is 0 Å². The summed E-state index contributed by atoms with van der Waals surface area (Å²) in [5.41, 5.74) is -0.251. The zero-order valence-electron chi connectivity index (χ0n) is 14.0. The van der Waals surface area contributed by atoms with Gasteiger partial charge in [0.15, 0.2) is 5.78 Å². The van der Waals surface area contributed by atoms with Crippen LogP contribution in [0.1, 0.15) is 47.0 Å². The van der Waals surface area contributed by atoms with Crippen LogP contribution < -0.4 is 0 Å². The van der Waals surface area contributed by atoms with Gasteiger partial charge in [0.2, 0.25) is 0 Å². The summed E-state index contributed by atoms with van der Waals surface area (Å²) < 4.78 is 4.76. The van der Waals surface area contributed by atoms with E-state index in [1.165, 1.54) is 7.11 Å². The Morgan fingerprint density at radius 1 is 1.32 bits per heavy atom. The molecule has 0 bridgehead atoms. The molecule has 6 nitrogen and oxygen atoms in total. The molecule has 1 fully saturated rings. The minimum absolute atomic E-state index is 0.213. The van der Waals surface area contributed by atoms with E-state index in [-0.39, 0.29) is 12.2 Å². The number of carbonyl (C=O) groups is 3. The molecule has 0 N–H and O–H groups in total. The number of carbonyl (C=O) groups excluding carboxylic acids is 3. The lowest BCUT2D eigenvalue weighted by Gasteiger charge is -2.39. The van der Waals surface area contributed by atoms with Crippen LogP contribution in [0.5, 0.6) is 0 Å². The van der Waals surface area contributed by atoms with Gasteiger partial charge in [-0.1, -0.05) is 25.9 Å². The van der Waals surface area contributed by atoms with Crippen LogP contribution in [0.3, 0.4) is 0 Å². The van der Waals surface area contributed by atoms with E-state index in [0.29, 0.717) is 25.2 Å². The maximum atomic E-state index is 12.8. The number of hydrogen-bond acceptors (Lipinski definition) is 6. The van der Waals surface area contributed by atoms with E-state index in [9.17, 15) is 14.4 Å². The molecule has 0 heterocycles. The Balaban J connectivity index is 3.25. The van der Waals surface area contributed by atoms with E-state index >= 15 is 0 Å². The number of nitrogens with zero attached hydrogens (tertiary/aromatic N) is 1. The van der Waals surface area contributed by atoms with Crippen molar-refractivity contribution in [1.82, 2.24) is 0 Å². The summed E-state index contributed by atoms with van der Waals surface area (Å²) >= 11 is 0. The first-order valence-corrected chi connectivity index (χ1v) is 7.63. The summed E-state index contributed by atoms with van der Waals surface area (Å²) in [7, 11) is 1.25. The number of oxime groups is 1. The highest BCUT2D eigenvalue weighted by Gasteiger charge is 2.52. The molecule has 22 heavy (non-hydrogen) atoms. The minimum Gasteiger partial charge on any atom is -0.468 e. The first-order valence-electron chi connectivity index (χ1n) is 7.63. The third kappa shape index (κ3) is 3.72. The SMILES string of the molecule is CCCC(=O)[C@@H]1C(=O)[C@H](C(=O)OC)C(C)(C)C/C1=N/OCC. The van der Waals surface area contributed by atoms with Crippen molar-refractivity contribution in [3.05, 3.63) is 0 Å². The fourth-order valence-electron chi connectivity index (χ4n) is 2.91. The van der Waals surface area contributed by atoms with Crippen molar-refractivity contribution in [2.24, 2.45) is 22.4 Å². The highest BCUT2D eigenvalue weighted by Crippen LogP contribution is 2.41. The summed E-state index contributed by atoms with van der Waals surface area (Å²) in [6, 6.07) is 0. The number of Topliss-reactive ketones (excluding diaryl/α,β-unsaturated/α-hetero) is 2. The topological polar surface area (TPSA) is 82.0 Å². The maximum absolute atomic E-state index is 12.8. The van der Waals surface area contributed by atoms with Gasteiger partial charge in [0.1, 0.15) is 24.2 Å². The third-order valence-corrected chi connectivity index (χ3v) is 3.89. The van der Waals surface area contributed by atoms with Crippen LogP contribution in [-0.2, 0) is 24.0 Å². The largest absolute Gasteiger partial charge is 0.468 e. The Labute approximate surface area is 131 Å². The van der Waals surface area contributed by atoms with Crippen LogP contribution in [-0.4, -0.2) is 37.0 Å². The molecule has 0 saturated heterocycles. The van der Waals surface area contributed by atoms with E-state index in [1.807, 2.05) is 6.92 Å². The molecular weight excluding hydrogens is 286 g/mol. The quantitative estimate of drug-likeness (QED) is 0.426. The van der Waals surface area contributed by atoms with Gasteiger partial charge in [0.25, 0.3) is 0 Å². The Morgan fingerprint density at radius 2 is 1.95 bits per heavy atom. The summed E-state index contributed by atoms with van der Waals surface area (Å²) in [6.07, 6.45) is 1.26. The molecular formula is C16H25NO5. The number of ketones is 2. The van der Waals surface area contributed by atoms with Crippen LogP contribution >= 0.6 is 0 Å². The number of hydrogen-bond donors (Lipinski definition) is 0. The van der Waals surface area contributed by atoms with Crippen LogP contribution in [0.2, 0.25) is 0 Å². The van der Waals surface area contributed by atoms with E-state index < -0.39 is 29.0 Å². The molecule has 0 unspecified atom stereocenters. The fourth-order valence-corrected chi connectivity index (χ4v) is 2.91. The van der Waals surface area contributed by atoms with Crippen molar-refractivity contribution in [3.8, 4) is 0 Å². The number of ether oxygens (including phenoxy) is 1. The number of esters is 1. The maximum Gasteiger partial charge on any atom is 0.316 e. The predicted molar refractivity (Wildman–Crippen MR) is 81.4 cm³/mol. The second-order valence-corrected chi connectivity index (χ2v) is 6.17. The van der Waals surface area contributed by atoms with Gasteiger partial charge < -0.3 is 9.57 Å². The van der Waals surface area contributed by atoms with Gasteiger partial charge in [-0.3, -0.25) is 14.4 Å². The zero-order valence-corrected chi connectivity index (χ0v) is 14.0. The molecule has 0 aliphatic heterocycles. The van der Waals surface area contributed by atoms with Gasteiger partial charge in [-0.05, 0) is 25.2 Å². The van der Waals surface area contributed by atoms with Crippen molar-refractivity contribution in [2.45, 2.75) is 47.0 Å². The molecule has 0 aromatic heterocycles. The van der Waals surface area contributed by atoms with E-state index in [2.05, 4.69) is 5.16 Å². The molecule has 1 saturated carbocycles. The zero-order chi connectivity index (χ0) is 16.9. The van der Waals surface area contributed by atoms with Crippen molar-refractivity contribution in [2.75, 3.05) is 13.7 Å². The lowest BCUT2D eigenvalue weighted by atomic mass is 9.62. The molecule has 1 rings (SSSR count). The van der Waals surface area contributed by atoms with Gasteiger partial charge in [-0.15, -0.1) is 0 Å². The molecule has 2 atom stereocenters. The van der Waals surface area contributed by atoms with E-state index in [0.717, 1.165) is 0 Å². The molecule has 0 spiro atoms. The standard InChI is InChI=1S/C16H25NO5/c1-6-8-11(18)12-10(17-22-7-2)9-16(3,4)13(14(12)19)15(20)21-5/h12-13H,6-9H2,1-5H3/b17-10-/t12-,13-/m1/s1. The number of rotatable bonds is 6. The summed E-state index contributed by atoms with van der Waals surface area (Å²) in [5, 5.41) is 3.97. The van der Waals surface area contributed by atoms with Crippen molar-refractivity contribution >= 4 is 23.2 Å². The highest BCUT2D eigenvalue weighted by molar-refractivity contribution is 6.26. The van der Waals surface area contributed by atoms with Gasteiger partial charge in [0, 0.05) is 6.42 Å². The van der Waals surface area contributed by atoms with E-state index in [4.69, 9.17) is 9.57 Å². The van der Waals surface area contributed by atoms with Crippen LogP contribution in [0.25, 0.3) is 0 Å². The second-order valence-electron chi connectivity index (χ2n) is 6.17. The monoisotopic (exact) mass is 311 g/mol. The molecule has 0 radical (unpaired) electrons. The molecule has 124 valence electrons. The Bertz CT molecular complexity index is 481. The Morgan fingerprint density at radius 3 is 2.45 bits per heavy atom. The second kappa shape index (κ2) is 7.51. The number of methoxy groups -OCH3 is 1. The van der Waals surface area contributed by atoms with Gasteiger partial charge in [-0.2, -0.15) is 0 Å². The molecule has 0 aromatic rings. The molecule has 1 aliphatic rings. The summed E-state index contributed by atoms with van der Waals surface area (Å²) in [6.45, 7) is 7.60. The molecule has 6 heteroatoms. The third-order valence-electron chi connectivity index (χ3n) is 3.89. The molecule has 0 aromatic carbocycles.